The molecule has 1 unspecified atom stereocenters. The largest absolute Gasteiger partial charge is 0.457 e. The van der Waals surface area contributed by atoms with Crippen molar-refractivity contribution in [2.75, 3.05) is 0 Å². The van der Waals surface area contributed by atoms with Gasteiger partial charge >= 0.3 is 0 Å². The second-order valence-electron chi connectivity index (χ2n) is 13.4. The predicted octanol–water partition coefficient (Wildman–Crippen LogP) is 11.9. The number of hydrogen-bond donors (Lipinski definition) is 0. The third kappa shape index (κ3) is 5.30. The minimum atomic E-state index is -0.656. The molecule has 3 nitrogen and oxygen atoms in total. The predicted molar refractivity (Wildman–Crippen MR) is 208 cm³/mol. The lowest BCUT2D eigenvalue weighted by Crippen LogP contribution is -2.34. The minimum Gasteiger partial charge on any atom is -0.457 e. The average Bonchev–Trinajstić information content (AvgIpc) is 3.20. The Bertz CT molecular complexity index is 2400. The van der Waals surface area contributed by atoms with E-state index in [1.807, 2.05) is 6.07 Å². The SMILES string of the molecule is CC1C=C(c2nc(-c3ccccc3)cc(-c3ccccc3-c3ccccc3C3(c4ccccc4)c4ccccc4Oc4ccccc43)n2)C=CC1. The summed E-state index contributed by atoms with van der Waals surface area (Å²) in [6, 6.07) is 57.9. The molecule has 51 heavy (non-hydrogen) atoms. The van der Waals surface area contributed by atoms with Crippen LogP contribution >= 0.6 is 0 Å². The van der Waals surface area contributed by atoms with Crippen molar-refractivity contribution in [2.45, 2.75) is 18.8 Å². The van der Waals surface area contributed by atoms with Gasteiger partial charge in [0.15, 0.2) is 5.82 Å². The summed E-state index contributed by atoms with van der Waals surface area (Å²) in [6.07, 6.45) is 7.71. The van der Waals surface area contributed by atoms with Gasteiger partial charge in [-0.2, -0.15) is 0 Å². The molecule has 1 aliphatic heterocycles. The van der Waals surface area contributed by atoms with E-state index in [1.165, 1.54) is 11.1 Å². The monoisotopic (exact) mass is 656 g/mol. The van der Waals surface area contributed by atoms with Crippen LogP contribution in [0.2, 0.25) is 0 Å². The molecule has 1 aliphatic carbocycles. The molecule has 6 aromatic carbocycles. The Labute approximate surface area is 299 Å². The number of hydrogen-bond acceptors (Lipinski definition) is 3. The highest BCUT2D eigenvalue weighted by atomic mass is 16.5. The maximum Gasteiger partial charge on any atom is 0.160 e. The quantitative estimate of drug-likeness (QED) is 0.179. The van der Waals surface area contributed by atoms with Gasteiger partial charge in [-0.25, -0.2) is 9.97 Å². The second kappa shape index (κ2) is 12.9. The molecule has 3 heteroatoms. The van der Waals surface area contributed by atoms with Gasteiger partial charge in [-0.15, -0.1) is 0 Å². The zero-order valence-electron chi connectivity index (χ0n) is 28.4. The fourth-order valence-electron chi connectivity index (χ4n) is 7.89. The van der Waals surface area contributed by atoms with Crippen LogP contribution in [-0.2, 0) is 5.41 Å². The number of nitrogens with zero attached hydrogens (tertiary/aromatic N) is 2. The normalized spacial score (nSPS) is 15.6. The molecular formula is C48H36N2O. The molecule has 7 aromatic rings. The van der Waals surface area contributed by atoms with Gasteiger partial charge in [0.1, 0.15) is 11.5 Å². The average molecular weight is 657 g/mol. The number of aromatic nitrogens is 2. The summed E-state index contributed by atoms with van der Waals surface area (Å²) in [5.74, 6) is 2.89. The molecule has 244 valence electrons. The second-order valence-corrected chi connectivity index (χ2v) is 13.4. The number of rotatable bonds is 6. The first-order valence-corrected chi connectivity index (χ1v) is 17.6. The van der Waals surface area contributed by atoms with Crippen molar-refractivity contribution in [1.82, 2.24) is 9.97 Å². The summed E-state index contributed by atoms with van der Waals surface area (Å²) in [7, 11) is 0. The Kier molecular flexibility index (Phi) is 7.74. The van der Waals surface area contributed by atoms with Crippen molar-refractivity contribution >= 4 is 5.57 Å². The molecule has 0 amide bonds. The van der Waals surface area contributed by atoms with Crippen LogP contribution in [0.5, 0.6) is 11.5 Å². The molecule has 0 saturated heterocycles. The summed E-state index contributed by atoms with van der Waals surface area (Å²) >= 11 is 0. The first kappa shape index (κ1) is 30.7. The van der Waals surface area contributed by atoms with Crippen molar-refractivity contribution in [3.05, 3.63) is 210 Å². The maximum atomic E-state index is 6.62. The molecular weight excluding hydrogens is 621 g/mol. The summed E-state index contributed by atoms with van der Waals surface area (Å²) in [5, 5.41) is 0. The molecule has 2 heterocycles. The molecule has 0 fully saturated rings. The third-order valence-electron chi connectivity index (χ3n) is 10.2. The van der Waals surface area contributed by atoms with Gasteiger partial charge in [0.2, 0.25) is 0 Å². The van der Waals surface area contributed by atoms with Crippen molar-refractivity contribution < 1.29 is 4.74 Å². The van der Waals surface area contributed by atoms with Crippen LogP contribution in [0.25, 0.3) is 39.2 Å². The van der Waals surface area contributed by atoms with E-state index < -0.39 is 5.41 Å². The molecule has 0 radical (unpaired) electrons. The van der Waals surface area contributed by atoms with Crippen molar-refractivity contribution in [3.63, 3.8) is 0 Å². The van der Waals surface area contributed by atoms with E-state index in [0.29, 0.717) is 5.92 Å². The van der Waals surface area contributed by atoms with Crippen LogP contribution in [0.4, 0.5) is 0 Å². The number of benzene rings is 6. The first-order valence-electron chi connectivity index (χ1n) is 17.6. The fourth-order valence-corrected chi connectivity index (χ4v) is 7.89. The van der Waals surface area contributed by atoms with Gasteiger partial charge < -0.3 is 4.74 Å². The van der Waals surface area contributed by atoms with E-state index in [4.69, 9.17) is 14.7 Å². The topological polar surface area (TPSA) is 35.0 Å². The van der Waals surface area contributed by atoms with E-state index in [1.54, 1.807) is 0 Å². The van der Waals surface area contributed by atoms with Crippen LogP contribution in [0.3, 0.4) is 0 Å². The highest BCUT2D eigenvalue weighted by molar-refractivity contribution is 5.88. The Morgan fingerprint density at radius 1 is 0.549 bits per heavy atom. The van der Waals surface area contributed by atoms with E-state index in [2.05, 4.69) is 183 Å². The fraction of sp³-hybridized carbons (Fsp3) is 0.0833. The summed E-state index contributed by atoms with van der Waals surface area (Å²) in [6.45, 7) is 2.24. The van der Waals surface area contributed by atoms with Crippen LogP contribution in [-0.4, -0.2) is 9.97 Å². The van der Waals surface area contributed by atoms with E-state index in [0.717, 1.165) is 74.1 Å². The highest BCUT2D eigenvalue weighted by Crippen LogP contribution is 2.57. The summed E-state index contributed by atoms with van der Waals surface area (Å²) in [5.41, 5.74) is 11.1. The van der Waals surface area contributed by atoms with Gasteiger partial charge in [0, 0.05) is 27.8 Å². The summed E-state index contributed by atoms with van der Waals surface area (Å²) < 4.78 is 6.62. The molecule has 1 aromatic heterocycles. The molecule has 0 bridgehead atoms. The van der Waals surface area contributed by atoms with Gasteiger partial charge in [-0.3, -0.25) is 0 Å². The smallest absolute Gasteiger partial charge is 0.160 e. The van der Waals surface area contributed by atoms with E-state index in [-0.39, 0.29) is 0 Å². The number of fused-ring (bicyclic) bond motifs is 2. The Morgan fingerprint density at radius 2 is 1.10 bits per heavy atom. The van der Waals surface area contributed by atoms with Crippen molar-refractivity contribution in [2.24, 2.45) is 5.92 Å². The van der Waals surface area contributed by atoms with Crippen LogP contribution in [0, 0.1) is 5.92 Å². The number of allylic oxidation sites excluding steroid dienone is 4. The van der Waals surface area contributed by atoms with Gasteiger partial charge in [-0.1, -0.05) is 171 Å². The molecule has 0 spiro atoms. The lowest BCUT2D eigenvalue weighted by atomic mass is 9.62. The van der Waals surface area contributed by atoms with Crippen LogP contribution in [0.15, 0.2) is 182 Å². The zero-order chi connectivity index (χ0) is 34.2. The van der Waals surface area contributed by atoms with Gasteiger partial charge in [-0.05, 0) is 52.8 Å². The number of ether oxygens (including phenoxy) is 1. The Morgan fingerprint density at radius 3 is 1.78 bits per heavy atom. The lowest BCUT2D eigenvalue weighted by Gasteiger charge is -2.42. The molecule has 0 N–H and O–H groups in total. The molecule has 9 rings (SSSR count). The van der Waals surface area contributed by atoms with Crippen molar-refractivity contribution in [3.8, 4) is 45.1 Å². The van der Waals surface area contributed by atoms with Crippen LogP contribution < -0.4 is 4.74 Å². The third-order valence-corrected chi connectivity index (χ3v) is 10.2. The zero-order valence-corrected chi connectivity index (χ0v) is 28.4. The first-order chi connectivity index (χ1) is 25.2. The highest BCUT2D eigenvalue weighted by Gasteiger charge is 2.46. The Hall–Kier alpha value is -6.32. The van der Waals surface area contributed by atoms with E-state index in [9.17, 15) is 0 Å². The molecule has 1 atom stereocenters. The summed E-state index contributed by atoms with van der Waals surface area (Å²) in [4.78, 5) is 10.4. The van der Waals surface area contributed by atoms with Crippen molar-refractivity contribution in [1.29, 1.82) is 0 Å². The Balaban J connectivity index is 1.32. The number of para-hydroxylation sites is 2. The van der Waals surface area contributed by atoms with Gasteiger partial charge in [0.05, 0.1) is 16.8 Å². The maximum absolute atomic E-state index is 6.62. The standard InChI is InChI=1S/C48H36N2O/c1-33-17-16-20-35(31-33)47-49-43(34-18-4-2-5-19-34)32-44(50-47)39-25-9-8-23-37(39)38-24-10-11-26-40(38)48(36-21-6-3-7-22-36)41-27-12-14-29-45(41)51-46-30-15-13-28-42(46)48/h2-16,18-33H,17H2,1H3. The lowest BCUT2D eigenvalue weighted by molar-refractivity contribution is 0.434. The minimum absolute atomic E-state index is 0.427. The van der Waals surface area contributed by atoms with Gasteiger partial charge in [0.25, 0.3) is 0 Å². The molecule has 2 aliphatic rings. The van der Waals surface area contributed by atoms with Crippen LogP contribution in [0.1, 0.15) is 41.4 Å². The van der Waals surface area contributed by atoms with E-state index >= 15 is 0 Å². The molecule has 0 saturated carbocycles.